The molecule has 2 heterocycles. The summed E-state index contributed by atoms with van der Waals surface area (Å²) < 4.78 is 5.38. The van der Waals surface area contributed by atoms with Gasteiger partial charge in [-0.05, 0) is 42.5 Å². The normalized spacial score (nSPS) is 24.7. The molecule has 1 fully saturated rings. The third-order valence-corrected chi connectivity index (χ3v) is 3.94. The number of benzene rings is 1. The van der Waals surface area contributed by atoms with Crippen LogP contribution in [0.2, 0.25) is 0 Å². The van der Waals surface area contributed by atoms with Crippen LogP contribution in [0.1, 0.15) is 30.7 Å². The molecule has 0 radical (unpaired) electrons. The number of aromatic nitrogens is 2. The van der Waals surface area contributed by atoms with Gasteiger partial charge in [-0.1, -0.05) is 12.1 Å². The van der Waals surface area contributed by atoms with E-state index in [0.29, 0.717) is 17.7 Å². The molecule has 0 bridgehead atoms. The number of nitrogens with one attached hydrogen (secondary N) is 1. The minimum Gasteiger partial charge on any atom is -0.384 e. The second-order valence-electron chi connectivity index (χ2n) is 5.33. The van der Waals surface area contributed by atoms with Crippen molar-refractivity contribution in [3.63, 3.8) is 0 Å². The van der Waals surface area contributed by atoms with Crippen LogP contribution in [0.15, 0.2) is 22.7 Å². The lowest BCUT2D eigenvalue weighted by molar-refractivity contribution is 0.422. The Bertz CT molecular complexity index is 605. The number of hydrogen-bond donors (Lipinski definition) is 1. The minimum atomic E-state index is 0.513. The Hall–Kier alpha value is -1.84. The van der Waals surface area contributed by atoms with Crippen LogP contribution >= 0.6 is 0 Å². The summed E-state index contributed by atoms with van der Waals surface area (Å²) in [5.74, 6) is 2.74. The van der Waals surface area contributed by atoms with Gasteiger partial charge in [-0.2, -0.15) is 4.98 Å². The third-order valence-electron chi connectivity index (χ3n) is 3.94. The van der Waals surface area contributed by atoms with Crippen LogP contribution in [0.25, 0.3) is 11.5 Å². The molecule has 1 aliphatic carbocycles. The summed E-state index contributed by atoms with van der Waals surface area (Å²) in [6, 6.07) is 6.30. The number of hydrogen-bond acceptors (Lipinski definition) is 4. The lowest BCUT2D eigenvalue weighted by Crippen LogP contribution is -1.90. The van der Waals surface area contributed by atoms with Gasteiger partial charge in [-0.15, -0.1) is 0 Å². The Morgan fingerprint density at radius 3 is 3.11 bits per heavy atom. The Morgan fingerprint density at radius 2 is 2.28 bits per heavy atom. The maximum Gasteiger partial charge on any atom is 0.257 e. The Labute approximate surface area is 105 Å². The Kier molecular flexibility index (Phi) is 2.01. The lowest BCUT2D eigenvalue weighted by atomic mass is 10.1. The van der Waals surface area contributed by atoms with Crippen molar-refractivity contribution in [3.05, 3.63) is 29.6 Å². The summed E-state index contributed by atoms with van der Waals surface area (Å²) in [6.07, 6.45) is 2.26. The Balaban J connectivity index is 1.68. The molecule has 1 aliphatic heterocycles. The number of fused-ring (bicyclic) bond motifs is 1. The van der Waals surface area contributed by atoms with Gasteiger partial charge in [0.25, 0.3) is 5.89 Å². The van der Waals surface area contributed by atoms with Gasteiger partial charge in [0.1, 0.15) is 0 Å². The Morgan fingerprint density at radius 1 is 1.39 bits per heavy atom. The van der Waals surface area contributed by atoms with E-state index in [1.807, 2.05) is 6.07 Å². The average molecular weight is 241 g/mol. The van der Waals surface area contributed by atoms with Crippen LogP contribution in [-0.4, -0.2) is 16.7 Å². The SMILES string of the molecule is CC1CC1c1noc(-c2ccc3c(c2)CCN3)n1. The number of anilines is 1. The van der Waals surface area contributed by atoms with Crippen LogP contribution in [0.5, 0.6) is 0 Å². The van der Waals surface area contributed by atoms with Gasteiger partial charge >= 0.3 is 0 Å². The predicted molar refractivity (Wildman–Crippen MR) is 68.4 cm³/mol. The fourth-order valence-corrected chi connectivity index (χ4v) is 2.62. The monoisotopic (exact) mass is 241 g/mol. The molecule has 18 heavy (non-hydrogen) atoms. The second kappa shape index (κ2) is 3.57. The van der Waals surface area contributed by atoms with Crippen LogP contribution in [0, 0.1) is 5.92 Å². The fraction of sp³-hybridized carbons (Fsp3) is 0.429. The minimum absolute atomic E-state index is 0.513. The highest BCUT2D eigenvalue weighted by Crippen LogP contribution is 2.45. The van der Waals surface area contributed by atoms with E-state index in [9.17, 15) is 0 Å². The first-order chi connectivity index (χ1) is 8.81. The molecule has 4 rings (SSSR count). The van der Waals surface area contributed by atoms with Crippen molar-refractivity contribution < 1.29 is 4.52 Å². The van der Waals surface area contributed by atoms with Crippen LogP contribution in [0.3, 0.4) is 0 Å². The van der Waals surface area contributed by atoms with Gasteiger partial charge < -0.3 is 9.84 Å². The molecule has 1 aromatic carbocycles. The van der Waals surface area contributed by atoms with Gasteiger partial charge in [0.05, 0.1) is 0 Å². The molecular weight excluding hydrogens is 226 g/mol. The maximum absolute atomic E-state index is 5.38. The van der Waals surface area contributed by atoms with Gasteiger partial charge in [0.2, 0.25) is 0 Å². The molecule has 4 heteroatoms. The van der Waals surface area contributed by atoms with Crippen molar-refractivity contribution in [3.8, 4) is 11.5 Å². The molecule has 0 spiro atoms. The summed E-state index contributed by atoms with van der Waals surface area (Å²) in [7, 11) is 0. The second-order valence-corrected chi connectivity index (χ2v) is 5.33. The van der Waals surface area contributed by atoms with E-state index in [4.69, 9.17) is 4.52 Å². The van der Waals surface area contributed by atoms with Gasteiger partial charge in [-0.3, -0.25) is 0 Å². The van der Waals surface area contributed by atoms with Crippen molar-refractivity contribution in [2.45, 2.75) is 25.7 Å². The molecule has 4 nitrogen and oxygen atoms in total. The zero-order valence-corrected chi connectivity index (χ0v) is 10.3. The zero-order valence-electron chi connectivity index (χ0n) is 10.3. The van der Waals surface area contributed by atoms with Crippen molar-refractivity contribution in [2.75, 3.05) is 11.9 Å². The topological polar surface area (TPSA) is 51.0 Å². The molecule has 2 aliphatic rings. The summed E-state index contributed by atoms with van der Waals surface area (Å²) in [4.78, 5) is 4.52. The zero-order chi connectivity index (χ0) is 12.1. The average Bonchev–Trinajstić information content (AvgIpc) is 2.88. The van der Waals surface area contributed by atoms with Crippen molar-refractivity contribution in [2.24, 2.45) is 5.92 Å². The van der Waals surface area contributed by atoms with Crippen LogP contribution < -0.4 is 5.32 Å². The van der Waals surface area contributed by atoms with E-state index in [0.717, 1.165) is 24.4 Å². The molecule has 2 unspecified atom stereocenters. The molecule has 92 valence electrons. The van der Waals surface area contributed by atoms with E-state index in [1.54, 1.807) is 0 Å². The highest BCUT2D eigenvalue weighted by molar-refractivity contribution is 5.65. The molecular formula is C14H15N3O. The summed E-state index contributed by atoms with van der Waals surface area (Å²) in [5.41, 5.74) is 3.60. The molecule has 0 saturated heterocycles. The largest absolute Gasteiger partial charge is 0.384 e. The first kappa shape index (κ1) is 10.1. The molecule has 1 N–H and O–H groups in total. The molecule has 2 atom stereocenters. The summed E-state index contributed by atoms with van der Waals surface area (Å²) in [6.45, 7) is 3.25. The van der Waals surface area contributed by atoms with Gasteiger partial charge in [-0.25, -0.2) is 0 Å². The maximum atomic E-state index is 5.38. The van der Waals surface area contributed by atoms with Gasteiger partial charge in [0, 0.05) is 23.7 Å². The van der Waals surface area contributed by atoms with E-state index in [1.165, 1.54) is 17.7 Å². The molecule has 0 amide bonds. The number of rotatable bonds is 2. The highest BCUT2D eigenvalue weighted by Gasteiger charge is 2.38. The van der Waals surface area contributed by atoms with Gasteiger partial charge in [0.15, 0.2) is 5.82 Å². The standard InChI is InChI=1S/C14H15N3O/c1-8-6-11(8)13-16-14(18-17-13)10-2-3-12-9(7-10)4-5-15-12/h2-3,7-8,11,15H,4-6H2,1H3. The first-order valence-corrected chi connectivity index (χ1v) is 6.52. The highest BCUT2D eigenvalue weighted by atomic mass is 16.5. The van der Waals surface area contributed by atoms with Crippen LogP contribution in [-0.2, 0) is 6.42 Å². The quantitative estimate of drug-likeness (QED) is 0.878. The fourth-order valence-electron chi connectivity index (χ4n) is 2.62. The predicted octanol–water partition coefficient (Wildman–Crippen LogP) is 2.83. The first-order valence-electron chi connectivity index (χ1n) is 6.52. The number of nitrogens with zero attached hydrogens (tertiary/aromatic N) is 2. The van der Waals surface area contributed by atoms with Crippen LogP contribution in [0.4, 0.5) is 5.69 Å². The molecule has 1 aromatic heterocycles. The smallest absolute Gasteiger partial charge is 0.257 e. The van der Waals surface area contributed by atoms with Crippen molar-refractivity contribution in [1.29, 1.82) is 0 Å². The lowest BCUT2D eigenvalue weighted by Gasteiger charge is -2.00. The summed E-state index contributed by atoms with van der Waals surface area (Å²) in [5, 5.41) is 7.45. The molecule has 2 aromatic rings. The van der Waals surface area contributed by atoms with Crippen molar-refractivity contribution >= 4 is 5.69 Å². The molecule has 1 saturated carbocycles. The van der Waals surface area contributed by atoms with E-state index in [2.05, 4.69) is 34.5 Å². The van der Waals surface area contributed by atoms with E-state index >= 15 is 0 Å². The van der Waals surface area contributed by atoms with E-state index in [-0.39, 0.29) is 0 Å². The third kappa shape index (κ3) is 1.52. The summed E-state index contributed by atoms with van der Waals surface area (Å²) >= 11 is 0. The van der Waals surface area contributed by atoms with E-state index < -0.39 is 0 Å². The van der Waals surface area contributed by atoms with Crippen molar-refractivity contribution in [1.82, 2.24) is 10.1 Å².